The Morgan fingerprint density at radius 2 is 1.79 bits per heavy atom. The highest BCUT2D eigenvalue weighted by atomic mass is 35.5. The molecule has 0 fully saturated rings. The van der Waals surface area contributed by atoms with Crippen LogP contribution in [0.1, 0.15) is 13.8 Å². The van der Waals surface area contributed by atoms with E-state index in [0.717, 1.165) is 4.90 Å². The van der Waals surface area contributed by atoms with Gasteiger partial charge in [0.25, 0.3) is 0 Å². The van der Waals surface area contributed by atoms with Gasteiger partial charge in [0.1, 0.15) is 6.04 Å². The van der Waals surface area contributed by atoms with Gasteiger partial charge in [-0.1, -0.05) is 11.6 Å². The molecule has 1 aromatic rings. The lowest BCUT2D eigenvalue weighted by atomic mass is 10.3. The second-order valence-corrected chi connectivity index (χ2v) is 6.03. The van der Waals surface area contributed by atoms with Crippen LogP contribution in [0.2, 0.25) is 5.02 Å². The number of likely N-dealkylation sites (N-methyl/N-ethyl adjacent to an activating group) is 1. The summed E-state index contributed by atoms with van der Waals surface area (Å²) < 4.78 is 0. The zero-order valence-corrected chi connectivity index (χ0v) is 12.5. The molecule has 0 aliphatic carbocycles. The first-order valence-corrected chi connectivity index (χ1v) is 7.00. The van der Waals surface area contributed by atoms with E-state index in [-0.39, 0.29) is 11.2 Å². The van der Waals surface area contributed by atoms with Crippen LogP contribution in [0.15, 0.2) is 29.2 Å². The van der Waals surface area contributed by atoms with Gasteiger partial charge < -0.3 is 10.0 Å². The van der Waals surface area contributed by atoms with E-state index in [2.05, 4.69) is 0 Å². The van der Waals surface area contributed by atoms with Crippen LogP contribution in [-0.2, 0) is 9.59 Å². The number of hydrogen-bond donors (Lipinski definition) is 1. The van der Waals surface area contributed by atoms with E-state index in [1.807, 2.05) is 12.1 Å². The Bertz CT molecular complexity index is 463. The number of rotatable bonds is 5. The minimum Gasteiger partial charge on any atom is -0.480 e. The molecule has 0 aromatic heterocycles. The molecule has 104 valence electrons. The van der Waals surface area contributed by atoms with E-state index >= 15 is 0 Å². The molecule has 0 bridgehead atoms. The van der Waals surface area contributed by atoms with Crippen molar-refractivity contribution in [3.63, 3.8) is 0 Å². The molecule has 0 aliphatic rings. The maximum absolute atomic E-state index is 12.1. The summed E-state index contributed by atoms with van der Waals surface area (Å²) in [4.78, 5) is 25.1. The van der Waals surface area contributed by atoms with Gasteiger partial charge in [-0.25, -0.2) is 4.79 Å². The number of carbonyl (C=O) groups is 2. The monoisotopic (exact) mass is 301 g/mol. The third-order valence-corrected chi connectivity index (χ3v) is 4.11. The minimum atomic E-state index is -1.01. The second-order valence-electron chi connectivity index (χ2n) is 4.18. The highest BCUT2D eigenvalue weighted by molar-refractivity contribution is 8.00. The molecule has 2 unspecified atom stereocenters. The number of carbonyl (C=O) groups excluding carboxylic acids is 1. The molecule has 0 saturated heterocycles. The predicted molar refractivity (Wildman–Crippen MR) is 76.6 cm³/mol. The number of benzene rings is 1. The summed E-state index contributed by atoms with van der Waals surface area (Å²) >= 11 is 7.16. The lowest BCUT2D eigenvalue weighted by molar-refractivity contribution is -0.147. The smallest absolute Gasteiger partial charge is 0.326 e. The summed E-state index contributed by atoms with van der Waals surface area (Å²) in [5, 5.41) is 9.17. The molecule has 4 nitrogen and oxygen atoms in total. The van der Waals surface area contributed by atoms with E-state index < -0.39 is 12.0 Å². The molecule has 1 N–H and O–H groups in total. The van der Waals surface area contributed by atoms with Crippen molar-refractivity contribution in [3.05, 3.63) is 29.3 Å². The molecule has 1 amide bonds. The molecular formula is C13H16ClNO3S. The van der Waals surface area contributed by atoms with Crippen molar-refractivity contribution < 1.29 is 14.7 Å². The van der Waals surface area contributed by atoms with Crippen molar-refractivity contribution in [2.45, 2.75) is 30.0 Å². The van der Waals surface area contributed by atoms with Crippen LogP contribution >= 0.6 is 23.4 Å². The highest BCUT2D eigenvalue weighted by Gasteiger charge is 2.26. The van der Waals surface area contributed by atoms with Crippen LogP contribution in [0.4, 0.5) is 0 Å². The number of thioether (sulfide) groups is 1. The van der Waals surface area contributed by atoms with Crippen molar-refractivity contribution in [3.8, 4) is 0 Å². The maximum Gasteiger partial charge on any atom is 0.326 e. The van der Waals surface area contributed by atoms with Gasteiger partial charge >= 0.3 is 5.97 Å². The average molecular weight is 302 g/mol. The van der Waals surface area contributed by atoms with Crippen molar-refractivity contribution >= 4 is 35.2 Å². The molecule has 2 atom stereocenters. The van der Waals surface area contributed by atoms with E-state index in [1.54, 1.807) is 19.1 Å². The zero-order chi connectivity index (χ0) is 14.6. The molecule has 0 spiro atoms. The van der Waals surface area contributed by atoms with Crippen LogP contribution in [-0.4, -0.2) is 40.2 Å². The zero-order valence-electron chi connectivity index (χ0n) is 11.0. The van der Waals surface area contributed by atoms with E-state index in [4.69, 9.17) is 16.7 Å². The molecule has 0 saturated carbocycles. The lowest BCUT2D eigenvalue weighted by Gasteiger charge is -2.24. The first kappa shape index (κ1) is 15.9. The predicted octanol–water partition coefficient (Wildman–Crippen LogP) is 2.75. The molecule has 1 rings (SSSR count). The number of carboxylic acids is 1. The number of nitrogens with zero attached hydrogens (tertiary/aromatic N) is 1. The van der Waals surface area contributed by atoms with Gasteiger partial charge in [0.05, 0.1) is 5.25 Å². The number of aliphatic carboxylic acids is 1. The Hall–Kier alpha value is -1.20. The fourth-order valence-corrected chi connectivity index (χ4v) is 2.51. The number of amides is 1. The van der Waals surface area contributed by atoms with Gasteiger partial charge in [0.2, 0.25) is 5.91 Å². The topological polar surface area (TPSA) is 57.6 Å². The lowest BCUT2D eigenvalue weighted by Crippen LogP contribution is -2.43. The van der Waals surface area contributed by atoms with Gasteiger partial charge in [-0.3, -0.25) is 4.79 Å². The number of carboxylic acid groups (broad SMARTS) is 1. The van der Waals surface area contributed by atoms with E-state index in [1.165, 1.54) is 30.6 Å². The Balaban J connectivity index is 2.67. The largest absolute Gasteiger partial charge is 0.480 e. The molecule has 19 heavy (non-hydrogen) atoms. The first-order valence-electron chi connectivity index (χ1n) is 5.74. The van der Waals surface area contributed by atoms with Gasteiger partial charge in [-0.15, -0.1) is 11.8 Å². The minimum absolute atomic E-state index is 0.213. The van der Waals surface area contributed by atoms with Crippen LogP contribution < -0.4 is 0 Å². The van der Waals surface area contributed by atoms with Gasteiger partial charge in [0, 0.05) is 17.0 Å². The summed E-state index contributed by atoms with van der Waals surface area (Å²) in [6.07, 6.45) is 0. The number of hydrogen-bond acceptors (Lipinski definition) is 3. The molecule has 0 aliphatic heterocycles. The summed E-state index contributed by atoms with van der Waals surface area (Å²) in [5.74, 6) is -1.23. The fourth-order valence-electron chi connectivity index (χ4n) is 1.41. The number of halogens is 1. The standard InChI is InChI=1S/C13H16ClNO3S/c1-8(13(17)18)15(3)12(16)9(2)19-11-6-4-10(14)5-7-11/h4-9H,1-3H3,(H,17,18). The van der Waals surface area contributed by atoms with Crippen LogP contribution in [0.3, 0.4) is 0 Å². The van der Waals surface area contributed by atoms with Crippen LogP contribution in [0.5, 0.6) is 0 Å². The molecule has 0 radical (unpaired) electrons. The fraction of sp³-hybridized carbons (Fsp3) is 0.385. The van der Waals surface area contributed by atoms with Crippen molar-refractivity contribution in [1.29, 1.82) is 0 Å². The van der Waals surface area contributed by atoms with Gasteiger partial charge in [0.15, 0.2) is 0 Å². The Kier molecular flexibility index (Phi) is 5.69. The van der Waals surface area contributed by atoms with Crippen LogP contribution in [0.25, 0.3) is 0 Å². The molecular weight excluding hydrogens is 286 g/mol. The maximum atomic E-state index is 12.1. The summed E-state index contributed by atoms with van der Waals surface area (Å²) in [5.41, 5.74) is 0. The van der Waals surface area contributed by atoms with Crippen molar-refractivity contribution in [2.75, 3.05) is 7.05 Å². The van der Waals surface area contributed by atoms with E-state index in [9.17, 15) is 9.59 Å². The Morgan fingerprint density at radius 3 is 2.26 bits per heavy atom. The molecule has 0 heterocycles. The summed E-state index contributed by atoms with van der Waals surface area (Å²) in [6.45, 7) is 3.24. The SMILES string of the molecule is CC(Sc1ccc(Cl)cc1)C(=O)N(C)C(C)C(=O)O. The molecule has 1 aromatic carbocycles. The average Bonchev–Trinajstić information content (AvgIpc) is 2.38. The normalized spacial score (nSPS) is 13.7. The van der Waals surface area contributed by atoms with Gasteiger partial charge in [-0.05, 0) is 38.1 Å². The van der Waals surface area contributed by atoms with E-state index in [0.29, 0.717) is 5.02 Å². The Labute approximate surface area is 121 Å². The third kappa shape index (κ3) is 4.44. The Morgan fingerprint density at radius 1 is 1.26 bits per heavy atom. The van der Waals surface area contributed by atoms with Crippen molar-refractivity contribution in [2.24, 2.45) is 0 Å². The quantitative estimate of drug-likeness (QED) is 0.850. The second kappa shape index (κ2) is 6.82. The highest BCUT2D eigenvalue weighted by Crippen LogP contribution is 2.25. The first-order chi connectivity index (χ1) is 8.82. The summed E-state index contributed by atoms with van der Waals surface area (Å²) in [7, 11) is 1.50. The van der Waals surface area contributed by atoms with Gasteiger partial charge in [-0.2, -0.15) is 0 Å². The van der Waals surface area contributed by atoms with Crippen molar-refractivity contribution in [1.82, 2.24) is 4.90 Å². The van der Waals surface area contributed by atoms with Crippen LogP contribution in [0, 0.1) is 0 Å². The third-order valence-electron chi connectivity index (χ3n) is 2.76. The summed E-state index contributed by atoms with van der Waals surface area (Å²) in [6, 6.07) is 6.34. The molecule has 6 heteroatoms.